The molecule has 2 rings (SSSR count). The molecular weight excluding hydrogens is 400 g/mol. The summed E-state index contributed by atoms with van der Waals surface area (Å²) in [6.07, 6.45) is 1.82. The van der Waals surface area contributed by atoms with Gasteiger partial charge in [0.25, 0.3) is 0 Å². The number of rotatable bonds is 9. The van der Waals surface area contributed by atoms with Crippen molar-refractivity contribution >= 4 is 21.6 Å². The molecule has 1 amide bonds. The van der Waals surface area contributed by atoms with Crippen LogP contribution in [-0.4, -0.2) is 33.2 Å². The molecule has 2 aromatic carbocycles. The van der Waals surface area contributed by atoms with E-state index in [2.05, 4.69) is 11.4 Å². The first-order chi connectivity index (χ1) is 14.0. The van der Waals surface area contributed by atoms with E-state index in [0.29, 0.717) is 17.9 Å². The van der Waals surface area contributed by atoms with Gasteiger partial charge >= 0.3 is 0 Å². The lowest BCUT2D eigenvalue weighted by Crippen LogP contribution is -2.41. The molecular formula is C23H32N2O4S. The van der Waals surface area contributed by atoms with Crippen LogP contribution in [0.15, 0.2) is 42.5 Å². The Bertz CT molecular complexity index is 969. The molecule has 6 nitrogen and oxygen atoms in total. The van der Waals surface area contributed by atoms with Gasteiger partial charge in [0.05, 0.1) is 24.1 Å². The first-order valence-electron chi connectivity index (χ1n) is 10.1. The molecule has 0 spiro atoms. The van der Waals surface area contributed by atoms with Gasteiger partial charge in [-0.15, -0.1) is 0 Å². The van der Waals surface area contributed by atoms with Gasteiger partial charge in [0.2, 0.25) is 15.9 Å². The Morgan fingerprint density at radius 2 is 1.73 bits per heavy atom. The zero-order valence-corrected chi connectivity index (χ0v) is 19.4. The molecule has 0 unspecified atom stereocenters. The first kappa shape index (κ1) is 23.7. The summed E-state index contributed by atoms with van der Waals surface area (Å²) in [6, 6.07) is 12.6. The Hall–Kier alpha value is -2.54. The molecule has 0 aliphatic heterocycles. The fourth-order valence-corrected chi connectivity index (χ4v) is 4.21. The number of nitrogens with one attached hydrogen (secondary N) is 1. The van der Waals surface area contributed by atoms with Gasteiger partial charge in [0.1, 0.15) is 12.3 Å². The van der Waals surface area contributed by atoms with Gasteiger partial charge in [0.15, 0.2) is 0 Å². The number of benzene rings is 2. The van der Waals surface area contributed by atoms with Crippen LogP contribution in [-0.2, 0) is 14.8 Å². The van der Waals surface area contributed by atoms with Crippen molar-refractivity contribution in [1.82, 2.24) is 5.32 Å². The molecule has 0 aliphatic rings. The number of nitrogens with zero attached hydrogens (tertiary/aromatic N) is 1. The third kappa shape index (κ3) is 6.49. The molecule has 1 N–H and O–H groups in total. The molecule has 0 heterocycles. The summed E-state index contributed by atoms with van der Waals surface area (Å²) in [6.45, 7) is 9.58. The van der Waals surface area contributed by atoms with Gasteiger partial charge in [-0.25, -0.2) is 8.42 Å². The molecule has 0 saturated carbocycles. The largest absolute Gasteiger partial charge is 0.491 e. The number of carbonyl (C=O) groups excluding carboxylic acids is 1. The quantitative estimate of drug-likeness (QED) is 0.647. The van der Waals surface area contributed by atoms with Crippen LogP contribution in [0, 0.1) is 13.8 Å². The van der Waals surface area contributed by atoms with Crippen LogP contribution in [0.1, 0.15) is 49.9 Å². The molecule has 0 radical (unpaired) electrons. The van der Waals surface area contributed by atoms with E-state index in [-0.39, 0.29) is 24.6 Å². The van der Waals surface area contributed by atoms with Gasteiger partial charge in [0, 0.05) is 0 Å². The second-order valence-electron chi connectivity index (χ2n) is 7.82. The SMILES string of the molecule is CC[C@H](NC(=O)CN(c1ccc(OC(C)C)cc1)S(C)(=O)=O)c1ccc(C)cc1C. The maximum absolute atomic E-state index is 12.8. The third-order valence-electron chi connectivity index (χ3n) is 4.73. The molecule has 0 aliphatic carbocycles. The average molecular weight is 433 g/mol. The van der Waals surface area contributed by atoms with Crippen LogP contribution in [0.2, 0.25) is 0 Å². The number of amides is 1. The summed E-state index contributed by atoms with van der Waals surface area (Å²) in [7, 11) is -3.64. The summed E-state index contributed by atoms with van der Waals surface area (Å²) in [5.41, 5.74) is 3.72. The van der Waals surface area contributed by atoms with E-state index in [9.17, 15) is 13.2 Å². The monoisotopic (exact) mass is 432 g/mol. The highest BCUT2D eigenvalue weighted by Gasteiger charge is 2.23. The standard InChI is InChI=1S/C23H32N2O4S/c1-7-22(21-13-8-17(4)14-18(21)5)24-23(26)15-25(30(6,27)28)19-9-11-20(12-10-19)29-16(2)3/h8-14,16,22H,7,15H2,1-6H3,(H,24,26)/t22-/m0/s1. The molecule has 2 aromatic rings. The second-order valence-corrected chi connectivity index (χ2v) is 9.73. The minimum absolute atomic E-state index is 0.0175. The summed E-state index contributed by atoms with van der Waals surface area (Å²) in [5, 5.41) is 2.98. The Labute approximate surface area is 180 Å². The van der Waals surface area contributed by atoms with Crippen LogP contribution in [0.3, 0.4) is 0 Å². The lowest BCUT2D eigenvalue weighted by atomic mass is 9.97. The van der Waals surface area contributed by atoms with E-state index in [0.717, 1.165) is 27.3 Å². The molecule has 1 atom stereocenters. The van der Waals surface area contributed by atoms with E-state index in [4.69, 9.17) is 4.74 Å². The number of sulfonamides is 1. The first-order valence-corrected chi connectivity index (χ1v) is 12.0. The van der Waals surface area contributed by atoms with Gasteiger partial charge < -0.3 is 10.1 Å². The van der Waals surface area contributed by atoms with Crippen LogP contribution in [0.25, 0.3) is 0 Å². The summed E-state index contributed by atoms with van der Waals surface area (Å²) >= 11 is 0. The summed E-state index contributed by atoms with van der Waals surface area (Å²) in [4.78, 5) is 12.8. The van der Waals surface area contributed by atoms with Crippen LogP contribution in [0.4, 0.5) is 5.69 Å². The fourth-order valence-electron chi connectivity index (χ4n) is 3.35. The Balaban J connectivity index is 2.19. The van der Waals surface area contributed by atoms with Gasteiger partial charge in [-0.2, -0.15) is 0 Å². The van der Waals surface area contributed by atoms with Crippen molar-refractivity contribution in [3.05, 3.63) is 59.2 Å². The number of ether oxygens (including phenoxy) is 1. The molecule has 0 aromatic heterocycles. The fraction of sp³-hybridized carbons (Fsp3) is 0.435. The highest BCUT2D eigenvalue weighted by Crippen LogP contribution is 2.24. The van der Waals surface area contributed by atoms with Crippen molar-refractivity contribution in [2.24, 2.45) is 0 Å². The van der Waals surface area contributed by atoms with Crippen molar-refractivity contribution < 1.29 is 17.9 Å². The van der Waals surface area contributed by atoms with E-state index in [1.165, 1.54) is 0 Å². The minimum atomic E-state index is -3.64. The van der Waals surface area contributed by atoms with Crippen molar-refractivity contribution in [3.8, 4) is 5.75 Å². The minimum Gasteiger partial charge on any atom is -0.491 e. The maximum Gasteiger partial charge on any atom is 0.241 e. The van der Waals surface area contributed by atoms with Crippen LogP contribution < -0.4 is 14.4 Å². The number of hydrogen-bond acceptors (Lipinski definition) is 4. The predicted molar refractivity (Wildman–Crippen MR) is 121 cm³/mol. The normalized spacial score (nSPS) is 12.5. The molecule has 7 heteroatoms. The lowest BCUT2D eigenvalue weighted by Gasteiger charge is -2.25. The zero-order chi connectivity index (χ0) is 22.5. The maximum atomic E-state index is 12.8. The van der Waals surface area contributed by atoms with E-state index in [1.54, 1.807) is 24.3 Å². The van der Waals surface area contributed by atoms with E-state index in [1.807, 2.05) is 46.8 Å². The second kappa shape index (κ2) is 9.98. The Morgan fingerprint density at radius 3 is 2.23 bits per heavy atom. The molecule has 0 fully saturated rings. The van der Waals surface area contributed by atoms with Crippen molar-refractivity contribution in [3.63, 3.8) is 0 Å². The van der Waals surface area contributed by atoms with Crippen molar-refractivity contribution in [2.45, 2.75) is 53.2 Å². The smallest absolute Gasteiger partial charge is 0.241 e. The van der Waals surface area contributed by atoms with Gasteiger partial charge in [-0.1, -0.05) is 30.7 Å². The number of carbonyl (C=O) groups is 1. The molecule has 0 bridgehead atoms. The average Bonchev–Trinajstić information content (AvgIpc) is 2.64. The highest BCUT2D eigenvalue weighted by molar-refractivity contribution is 7.92. The Morgan fingerprint density at radius 1 is 1.10 bits per heavy atom. The number of anilines is 1. The third-order valence-corrected chi connectivity index (χ3v) is 5.87. The molecule has 0 saturated heterocycles. The predicted octanol–water partition coefficient (Wildman–Crippen LogP) is 4.12. The lowest BCUT2D eigenvalue weighted by molar-refractivity contribution is -0.120. The zero-order valence-electron chi connectivity index (χ0n) is 18.6. The topological polar surface area (TPSA) is 75.7 Å². The van der Waals surface area contributed by atoms with E-state index < -0.39 is 10.0 Å². The number of hydrogen-bond donors (Lipinski definition) is 1. The van der Waals surface area contributed by atoms with Crippen LogP contribution >= 0.6 is 0 Å². The molecule has 164 valence electrons. The summed E-state index contributed by atoms with van der Waals surface area (Å²) < 4.78 is 31.4. The summed E-state index contributed by atoms with van der Waals surface area (Å²) in [5.74, 6) is 0.294. The molecule has 30 heavy (non-hydrogen) atoms. The van der Waals surface area contributed by atoms with Gasteiger partial charge in [-0.05, 0) is 69.5 Å². The highest BCUT2D eigenvalue weighted by atomic mass is 32.2. The number of aryl methyl sites for hydroxylation is 2. The van der Waals surface area contributed by atoms with Crippen LogP contribution in [0.5, 0.6) is 5.75 Å². The van der Waals surface area contributed by atoms with Gasteiger partial charge in [-0.3, -0.25) is 9.10 Å². The van der Waals surface area contributed by atoms with Crippen molar-refractivity contribution in [1.29, 1.82) is 0 Å². The van der Waals surface area contributed by atoms with Crippen molar-refractivity contribution in [2.75, 3.05) is 17.1 Å². The Kier molecular flexibility index (Phi) is 7.89. The van der Waals surface area contributed by atoms with E-state index >= 15 is 0 Å².